The van der Waals surface area contributed by atoms with Gasteiger partial charge in [-0.25, -0.2) is 0 Å². The first-order valence-electron chi connectivity index (χ1n) is 5.98. The molecule has 0 saturated heterocycles. The second-order valence-corrected chi connectivity index (χ2v) is 3.32. The van der Waals surface area contributed by atoms with E-state index >= 15 is 0 Å². The number of benzene rings is 2. The molecule has 0 radical (unpaired) electrons. The second kappa shape index (κ2) is 7.34. The molecule has 0 unspecified atom stereocenters. The first-order valence-corrected chi connectivity index (χ1v) is 5.98. The molecule has 17 heavy (non-hydrogen) atoms. The average molecular weight is 228 g/mol. The molecule has 2 aromatic carbocycles. The van der Waals surface area contributed by atoms with E-state index in [9.17, 15) is 0 Å². The summed E-state index contributed by atoms with van der Waals surface area (Å²) in [6.07, 6.45) is 0. The molecule has 0 saturated carbocycles. The third-order valence-corrected chi connectivity index (χ3v) is 2.24. The summed E-state index contributed by atoms with van der Waals surface area (Å²) in [6, 6.07) is 18.3. The maximum Gasteiger partial charge on any atom is 0.0385 e. The van der Waals surface area contributed by atoms with Crippen molar-refractivity contribution in [1.82, 2.24) is 0 Å². The molecule has 0 bridgehead atoms. The van der Waals surface area contributed by atoms with E-state index < -0.39 is 0 Å². The van der Waals surface area contributed by atoms with Gasteiger partial charge in [0.25, 0.3) is 0 Å². The van der Waals surface area contributed by atoms with Crippen molar-refractivity contribution in [2.75, 3.05) is 17.7 Å². The van der Waals surface area contributed by atoms with Gasteiger partial charge in [0.1, 0.15) is 0 Å². The molecule has 0 fully saturated rings. The highest BCUT2D eigenvalue weighted by atomic mass is 14.9. The van der Waals surface area contributed by atoms with Crippen molar-refractivity contribution >= 4 is 17.1 Å². The van der Waals surface area contributed by atoms with E-state index in [0.717, 1.165) is 17.1 Å². The number of anilines is 3. The molecule has 0 aliphatic heterocycles. The predicted molar refractivity (Wildman–Crippen MR) is 77.1 cm³/mol. The van der Waals surface area contributed by atoms with Crippen LogP contribution >= 0.6 is 0 Å². The van der Waals surface area contributed by atoms with Gasteiger partial charge >= 0.3 is 0 Å². The first-order chi connectivity index (χ1) is 8.38. The summed E-state index contributed by atoms with van der Waals surface area (Å²) in [6.45, 7) is 4.00. The van der Waals surface area contributed by atoms with Crippen molar-refractivity contribution in [2.24, 2.45) is 0 Å². The Bertz CT molecular complexity index is 407. The van der Waals surface area contributed by atoms with Crippen LogP contribution in [0.3, 0.4) is 0 Å². The molecule has 2 N–H and O–H groups in total. The van der Waals surface area contributed by atoms with Gasteiger partial charge in [-0.2, -0.15) is 0 Å². The highest BCUT2D eigenvalue weighted by Gasteiger charge is 1.93. The topological polar surface area (TPSA) is 24.1 Å². The number of hydrogen-bond donors (Lipinski definition) is 2. The fourth-order valence-corrected chi connectivity index (χ4v) is 1.41. The van der Waals surface area contributed by atoms with Crippen molar-refractivity contribution in [2.45, 2.75) is 13.8 Å². The van der Waals surface area contributed by atoms with Gasteiger partial charge in [-0.15, -0.1) is 0 Å². The Balaban J connectivity index is 0.000000686. The van der Waals surface area contributed by atoms with Gasteiger partial charge in [0.05, 0.1) is 0 Å². The van der Waals surface area contributed by atoms with Crippen molar-refractivity contribution in [3.63, 3.8) is 0 Å². The van der Waals surface area contributed by atoms with E-state index in [1.165, 1.54) is 0 Å². The van der Waals surface area contributed by atoms with Crippen LogP contribution in [0.4, 0.5) is 17.1 Å². The van der Waals surface area contributed by atoms with E-state index in [0.29, 0.717) is 0 Å². The van der Waals surface area contributed by atoms with Gasteiger partial charge in [0, 0.05) is 24.1 Å². The minimum atomic E-state index is 1.10. The third kappa shape index (κ3) is 4.19. The zero-order valence-electron chi connectivity index (χ0n) is 10.7. The summed E-state index contributed by atoms with van der Waals surface area (Å²) < 4.78 is 0. The summed E-state index contributed by atoms with van der Waals surface area (Å²) >= 11 is 0. The van der Waals surface area contributed by atoms with E-state index in [1.54, 1.807) is 0 Å². The zero-order chi connectivity index (χ0) is 12.5. The van der Waals surface area contributed by atoms with Gasteiger partial charge in [0.2, 0.25) is 0 Å². The summed E-state index contributed by atoms with van der Waals surface area (Å²) in [7, 11) is 1.92. The minimum absolute atomic E-state index is 1.10. The van der Waals surface area contributed by atoms with E-state index in [1.807, 2.05) is 63.4 Å². The quantitative estimate of drug-likeness (QED) is 0.808. The van der Waals surface area contributed by atoms with Crippen LogP contribution in [0.2, 0.25) is 0 Å². The lowest BCUT2D eigenvalue weighted by Crippen LogP contribution is -1.91. The summed E-state index contributed by atoms with van der Waals surface area (Å²) in [5.41, 5.74) is 3.32. The number of para-hydroxylation sites is 1. The Hall–Kier alpha value is -1.96. The smallest absolute Gasteiger partial charge is 0.0385 e. The maximum atomic E-state index is 3.33. The van der Waals surface area contributed by atoms with Crippen LogP contribution in [0.25, 0.3) is 0 Å². The highest BCUT2D eigenvalue weighted by Crippen LogP contribution is 2.17. The van der Waals surface area contributed by atoms with Crippen LogP contribution in [0.1, 0.15) is 13.8 Å². The number of nitrogens with one attached hydrogen (secondary N) is 2. The molecule has 2 aromatic rings. The van der Waals surface area contributed by atoms with Crippen LogP contribution in [0, 0.1) is 0 Å². The molecule has 0 spiro atoms. The normalized spacial score (nSPS) is 8.88. The SMILES string of the molecule is CC.CNc1ccc(Nc2ccccc2)cc1. The summed E-state index contributed by atoms with van der Waals surface area (Å²) in [5, 5.41) is 6.42. The molecular formula is C15H20N2. The standard InChI is InChI=1S/C13H14N2.C2H6/c1-14-11-7-9-13(10-8-11)15-12-5-3-2-4-6-12;1-2/h2-10,14-15H,1H3;1-2H3. The van der Waals surface area contributed by atoms with Crippen LogP contribution in [0.15, 0.2) is 54.6 Å². The molecule has 90 valence electrons. The molecule has 0 atom stereocenters. The molecule has 0 aliphatic rings. The zero-order valence-corrected chi connectivity index (χ0v) is 10.7. The summed E-state index contributed by atoms with van der Waals surface area (Å²) in [4.78, 5) is 0. The Morgan fingerprint density at radius 2 is 1.12 bits per heavy atom. The Morgan fingerprint density at radius 3 is 1.65 bits per heavy atom. The van der Waals surface area contributed by atoms with Gasteiger partial charge in [-0.1, -0.05) is 32.0 Å². The molecular weight excluding hydrogens is 208 g/mol. The van der Waals surface area contributed by atoms with Gasteiger partial charge in [-0.3, -0.25) is 0 Å². The maximum absolute atomic E-state index is 3.33. The van der Waals surface area contributed by atoms with E-state index in [2.05, 4.69) is 22.8 Å². The minimum Gasteiger partial charge on any atom is -0.388 e. The van der Waals surface area contributed by atoms with Gasteiger partial charge in [-0.05, 0) is 36.4 Å². The van der Waals surface area contributed by atoms with Gasteiger partial charge in [0.15, 0.2) is 0 Å². The largest absolute Gasteiger partial charge is 0.388 e. The molecule has 2 nitrogen and oxygen atoms in total. The molecule has 0 heterocycles. The number of hydrogen-bond acceptors (Lipinski definition) is 2. The molecule has 0 aromatic heterocycles. The van der Waals surface area contributed by atoms with Gasteiger partial charge < -0.3 is 10.6 Å². The van der Waals surface area contributed by atoms with Crippen LogP contribution in [-0.4, -0.2) is 7.05 Å². The third-order valence-electron chi connectivity index (χ3n) is 2.24. The van der Waals surface area contributed by atoms with Crippen molar-refractivity contribution in [3.05, 3.63) is 54.6 Å². The Kier molecular flexibility index (Phi) is 5.66. The first kappa shape index (κ1) is 13.1. The lowest BCUT2D eigenvalue weighted by molar-refractivity contribution is 1.49. The lowest BCUT2D eigenvalue weighted by Gasteiger charge is -2.06. The lowest BCUT2D eigenvalue weighted by atomic mass is 10.2. The summed E-state index contributed by atoms with van der Waals surface area (Å²) in [5.74, 6) is 0. The Labute approximate surface area is 104 Å². The predicted octanol–water partition coefficient (Wildman–Crippen LogP) is 4.50. The fourth-order valence-electron chi connectivity index (χ4n) is 1.41. The van der Waals surface area contributed by atoms with Crippen LogP contribution in [-0.2, 0) is 0 Å². The van der Waals surface area contributed by atoms with E-state index in [-0.39, 0.29) is 0 Å². The molecule has 0 amide bonds. The van der Waals surface area contributed by atoms with Crippen LogP contribution in [0.5, 0.6) is 0 Å². The van der Waals surface area contributed by atoms with E-state index in [4.69, 9.17) is 0 Å². The highest BCUT2D eigenvalue weighted by molar-refractivity contribution is 5.62. The van der Waals surface area contributed by atoms with Crippen LogP contribution < -0.4 is 10.6 Å². The Morgan fingerprint density at radius 1 is 0.647 bits per heavy atom. The second-order valence-electron chi connectivity index (χ2n) is 3.32. The molecule has 0 aliphatic carbocycles. The monoisotopic (exact) mass is 228 g/mol. The van der Waals surface area contributed by atoms with Crippen molar-refractivity contribution < 1.29 is 0 Å². The molecule has 2 rings (SSSR count). The number of rotatable bonds is 3. The van der Waals surface area contributed by atoms with Crippen molar-refractivity contribution in [3.8, 4) is 0 Å². The van der Waals surface area contributed by atoms with Crippen molar-refractivity contribution in [1.29, 1.82) is 0 Å². The fraction of sp³-hybridized carbons (Fsp3) is 0.200. The average Bonchev–Trinajstić information content (AvgIpc) is 2.43. The molecule has 2 heteroatoms.